The minimum absolute atomic E-state index is 0.139. The number of anilines is 1. The summed E-state index contributed by atoms with van der Waals surface area (Å²) in [4.78, 5) is 18.2. The Labute approximate surface area is 129 Å². The molecule has 3 heterocycles. The van der Waals surface area contributed by atoms with Gasteiger partial charge in [0.2, 0.25) is 0 Å². The number of carbonyl (C=O) groups is 1. The van der Waals surface area contributed by atoms with E-state index in [-0.39, 0.29) is 12.2 Å². The van der Waals surface area contributed by atoms with Gasteiger partial charge in [0.05, 0.1) is 35.5 Å². The van der Waals surface area contributed by atoms with Gasteiger partial charge < -0.3 is 9.64 Å². The van der Waals surface area contributed by atoms with E-state index in [0.29, 0.717) is 5.56 Å². The number of hydrogen-bond donors (Lipinski definition) is 0. The highest BCUT2D eigenvalue weighted by Gasteiger charge is 2.24. The Balaban J connectivity index is 1.96. The van der Waals surface area contributed by atoms with Crippen molar-refractivity contribution in [3.8, 4) is 11.4 Å². The molecule has 0 bridgehead atoms. The number of rotatable bonds is 3. The number of aldehydes is 1. The highest BCUT2D eigenvalue weighted by Crippen LogP contribution is 2.26. The molecule has 0 amide bonds. The molecule has 3 rings (SSSR count). The molecule has 6 nitrogen and oxygen atoms in total. The van der Waals surface area contributed by atoms with Crippen LogP contribution in [0.25, 0.3) is 11.4 Å². The molecule has 1 saturated heterocycles. The smallest absolute Gasteiger partial charge is 0.152 e. The fourth-order valence-corrected chi connectivity index (χ4v) is 2.96. The molecule has 22 heavy (non-hydrogen) atoms. The third-order valence-electron chi connectivity index (χ3n) is 3.88. The zero-order valence-electron chi connectivity index (χ0n) is 13.1. The SMILES string of the molecule is CC1CN(c2cnc(-c3ccnn3C)cc2C=O)CC(C)O1. The molecule has 116 valence electrons. The Bertz CT molecular complexity index is 673. The van der Waals surface area contributed by atoms with Crippen molar-refractivity contribution >= 4 is 12.0 Å². The minimum Gasteiger partial charge on any atom is -0.372 e. The second-order valence-electron chi connectivity index (χ2n) is 5.75. The molecular weight excluding hydrogens is 280 g/mol. The van der Waals surface area contributed by atoms with Gasteiger partial charge >= 0.3 is 0 Å². The molecule has 0 radical (unpaired) electrons. The van der Waals surface area contributed by atoms with Crippen LogP contribution in [0.4, 0.5) is 5.69 Å². The number of morpholine rings is 1. The lowest BCUT2D eigenvalue weighted by Gasteiger charge is -2.37. The number of pyridine rings is 1. The molecule has 1 aliphatic rings. The predicted molar refractivity (Wildman–Crippen MR) is 84.0 cm³/mol. The molecule has 0 N–H and O–H groups in total. The van der Waals surface area contributed by atoms with Crippen molar-refractivity contribution in [2.45, 2.75) is 26.1 Å². The van der Waals surface area contributed by atoms with Crippen molar-refractivity contribution in [2.24, 2.45) is 7.05 Å². The van der Waals surface area contributed by atoms with Crippen LogP contribution in [-0.2, 0) is 11.8 Å². The van der Waals surface area contributed by atoms with Gasteiger partial charge in [0.15, 0.2) is 6.29 Å². The first-order valence-corrected chi connectivity index (χ1v) is 7.42. The molecule has 0 saturated carbocycles. The van der Waals surface area contributed by atoms with Gasteiger partial charge in [-0.25, -0.2) is 0 Å². The van der Waals surface area contributed by atoms with Crippen LogP contribution in [0.1, 0.15) is 24.2 Å². The number of hydrogen-bond acceptors (Lipinski definition) is 5. The maximum atomic E-state index is 11.5. The quantitative estimate of drug-likeness (QED) is 0.810. The highest BCUT2D eigenvalue weighted by molar-refractivity contribution is 5.86. The maximum absolute atomic E-state index is 11.5. The lowest BCUT2D eigenvalue weighted by atomic mass is 10.1. The van der Waals surface area contributed by atoms with E-state index in [2.05, 4.69) is 15.0 Å². The van der Waals surface area contributed by atoms with Gasteiger partial charge in [0.25, 0.3) is 0 Å². The van der Waals surface area contributed by atoms with Crippen LogP contribution in [0.5, 0.6) is 0 Å². The molecule has 0 aliphatic carbocycles. The Kier molecular flexibility index (Phi) is 3.94. The van der Waals surface area contributed by atoms with Gasteiger partial charge in [-0.05, 0) is 26.0 Å². The molecular formula is C16H20N4O2. The van der Waals surface area contributed by atoms with Crippen molar-refractivity contribution in [3.05, 3.63) is 30.1 Å². The molecule has 1 fully saturated rings. The summed E-state index contributed by atoms with van der Waals surface area (Å²) in [6.45, 7) is 5.61. The molecule has 0 spiro atoms. The van der Waals surface area contributed by atoms with Crippen LogP contribution >= 0.6 is 0 Å². The van der Waals surface area contributed by atoms with Gasteiger partial charge in [-0.1, -0.05) is 0 Å². The van der Waals surface area contributed by atoms with Crippen molar-refractivity contribution in [3.63, 3.8) is 0 Å². The summed E-state index contributed by atoms with van der Waals surface area (Å²) in [5.74, 6) is 0. The van der Waals surface area contributed by atoms with E-state index in [1.807, 2.05) is 33.0 Å². The van der Waals surface area contributed by atoms with Gasteiger partial charge in [-0.3, -0.25) is 14.5 Å². The average Bonchev–Trinajstić information content (AvgIpc) is 2.91. The summed E-state index contributed by atoms with van der Waals surface area (Å²) in [7, 11) is 1.86. The average molecular weight is 300 g/mol. The summed E-state index contributed by atoms with van der Waals surface area (Å²) in [5.41, 5.74) is 3.15. The van der Waals surface area contributed by atoms with Gasteiger partial charge in [-0.15, -0.1) is 0 Å². The Morgan fingerprint density at radius 1 is 1.32 bits per heavy atom. The van der Waals surface area contributed by atoms with Crippen LogP contribution in [0, 0.1) is 0 Å². The monoisotopic (exact) mass is 300 g/mol. The van der Waals surface area contributed by atoms with Crippen LogP contribution < -0.4 is 4.90 Å². The summed E-state index contributed by atoms with van der Waals surface area (Å²) in [6.07, 6.45) is 4.66. The summed E-state index contributed by atoms with van der Waals surface area (Å²) < 4.78 is 7.49. The predicted octanol–water partition coefficient (Wildman–Crippen LogP) is 1.91. The van der Waals surface area contributed by atoms with Crippen LogP contribution in [0.15, 0.2) is 24.5 Å². The lowest BCUT2D eigenvalue weighted by molar-refractivity contribution is -0.00527. The molecule has 2 atom stereocenters. The Morgan fingerprint density at radius 3 is 2.64 bits per heavy atom. The van der Waals surface area contributed by atoms with Crippen molar-refractivity contribution < 1.29 is 9.53 Å². The van der Waals surface area contributed by atoms with Crippen molar-refractivity contribution in [1.82, 2.24) is 14.8 Å². The molecule has 0 aromatic carbocycles. The van der Waals surface area contributed by atoms with Gasteiger partial charge in [-0.2, -0.15) is 5.10 Å². The minimum atomic E-state index is 0.139. The van der Waals surface area contributed by atoms with Gasteiger partial charge in [0.1, 0.15) is 0 Å². The molecule has 6 heteroatoms. The Morgan fingerprint density at radius 2 is 2.05 bits per heavy atom. The first-order valence-electron chi connectivity index (χ1n) is 7.42. The highest BCUT2D eigenvalue weighted by atomic mass is 16.5. The zero-order valence-corrected chi connectivity index (χ0v) is 13.1. The van der Waals surface area contributed by atoms with E-state index < -0.39 is 0 Å². The second-order valence-corrected chi connectivity index (χ2v) is 5.75. The van der Waals surface area contributed by atoms with E-state index in [4.69, 9.17) is 4.74 Å². The Hall–Kier alpha value is -2.21. The number of carbonyl (C=O) groups excluding carboxylic acids is 1. The zero-order chi connectivity index (χ0) is 15.7. The fraction of sp³-hybridized carbons (Fsp3) is 0.438. The largest absolute Gasteiger partial charge is 0.372 e. The summed E-state index contributed by atoms with van der Waals surface area (Å²) >= 11 is 0. The van der Waals surface area contributed by atoms with Crippen LogP contribution in [-0.4, -0.2) is 46.3 Å². The third kappa shape index (κ3) is 2.74. The van der Waals surface area contributed by atoms with Crippen LogP contribution in [0.2, 0.25) is 0 Å². The lowest BCUT2D eigenvalue weighted by Crippen LogP contribution is -2.45. The molecule has 2 unspecified atom stereocenters. The summed E-state index contributed by atoms with van der Waals surface area (Å²) in [6, 6.07) is 3.71. The number of ether oxygens (including phenoxy) is 1. The van der Waals surface area contributed by atoms with E-state index in [0.717, 1.165) is 36.5 Å². The maximum Gasteiger partial charge on any atom is 0.152 e. The topological polar surface area (TPSA) is 60.2 Å². The number of nitrogens with zero attached hydrogens (tertiary/aromatic N) is 4. The van der Waals surface area contributed by atoms with E-state index in [1.54, 1.807) is 17.1 Å². The van der Waals surface area contributed by atoms with Crippen LogP contribution in [0.3, 0.4) is 0 Å². The molecule has 1 aliphatic heterocycles. The first kappa shape index (κ1) is 14.7. The van der Waals surface area contributed by atoms with Crippen molar-refractivity contribution in [1.29, 1.82) is 0 Å². The van der Waals surface area contributed by atoms with E-state index in [1.165, 1.54) is 0 Å². The van der Waals surface area contributed by atoms with Gasteiger partial charge in [0, 0.05) is 31.9 Å². The molecule has 2 aromatic rings. The number of aryl methyl sites for hydroxylation is 1. The first-order chi connectivity index (χ1) is 10.6. The molecule has 2 aromatic heterocycles. The van der Waals surface area contributed by atoms with E-state index >= 15 is 0 Å². The number of aromatic nitrogens is 3. The van der Waals surface area contributed by atoms with E-state index in [9.17, 15) is 4.79 Å². The fourth-order valence-electron chi connectivity index (χ4n) is 2.96. The van der Waals surface area contributed by atoms with Crippen molar-refractivity contribution in [2.75, 3.05) is 18.0 Å². The third-order valence-corrected chi connectivity index (χ3v) is 3.88. The summed E-state index contributed by atoms with van der Waals surface area (Å²) in [5, 5.41) is 4.14. The normalized spacial score (nSPS) is 21.9. The second kappa shape index (κ2) is 5.88. The standard InChI is InChI=1S/C16H20N4O2/c1-11-8-20(9-12(2)22-11)16-7-17-14(6-13(16)10-21)15-4-5-18-19(15)3/h4-7,10-12H,8-9H2,1-3H3.